The van der Waals surface area contributed by atoms with Crippen LogP contribution in [-0.4, -0.2) is 31.6 Å². The van der Waals surface area contributed by atoms with Crippen LogP contribution in [0.5, 0.6) is 0 Å². The quantitative estimate of drug-likeness (QED) is 0.736. The van der Waals surface area contributed by atoms with E-state index in [1.165, 1.54) is 0 Å². The van der Waals surface area contributed by atoms with Crippen molar-refractivity contribution in [3.8, 4) is 0 Å². The molecule has 1 aliphatic rings. The molecule has 15 heavy (non-hydrogen) atoms. The third-order valence-electron chi connectivity index (χ3n) is 2.54. The fourth-order valence-corrected chi connectivity index (χ4v) is 1.73. The molecule has 1 fully saturated rings. The van der Waals surface area contributed by atoms with Gasteiger partial charge >= 0.3 is 0 Å². The predicted molar refractivity (Wildman–Crippen MR) is 58.1 cm³/mol. The number of Topliss-reactive ketones (excluding diaryl/α,β-unsaturated/α-hetero) is 1. The van der Waals surface area contributed by atoms with Crippen molar-refractivity contribution in [2.75, 3.05) is 19.8 Å². The molecule has 3 heteroatoms. The molecular formula is C12H15NO2. The Kier molecular flexibility index (Phi) is 3.14. The molecule has 1 heterocycles. The normalized spacial score (nSPS) is 21.3. The van der Waals surface area contributed by atoms with Gasteiger partial charge in [-0.25, -0.2) is 0 Å². The van der Waals surface area contributed by atoms with Gasteiger partial charge in [-0.3, -0.25) is 4.79 Å². The number of morpholine rings is 1. The van der Waals surface area contributed by atoms with Gasteiger partial charge in [0.25, 0.3) is 0 Å². The van der Waals surface area contributed by atoms with Gasteiger partial charge < -0.3 is 10.1 Å². The lowest BCUT2D eigenvalue weighted by molar-refractivity contribution is 0.0607. The van der Waals surface area contributed by atoms with Crippen LogP contribution in [0.4, 0.5) is 0 Å². The van der Waals surface area contributed by atoms with Crippen molar-refractivity contribution in [3.05, 3.63) is 35.4 Å². The highest BCUT2D eigenvalue weighted by Gasteiger charge is 2.22. The first-order chi connectivity index (χ1) is 7.27. The summed E-state index contributed by atoms with van der Waals surface area (Å²) in [5.74, 6) is 0.124. The monoisotopic (exact) mass is 205 g/mol. The van der Waals surface area contributed by atoms with Crippen LogP contribution in [0.1, 0.15) is 15.9 Å². The maximum atomic E-state index is 12.0. The van der Waals surface area contributed by atoms with Gasteiger partial charge in [-0.2, -0.15) is 0 Å². The van der Waals surface area contributed by atoms with Crippen molar-refractivity contribution in [2.24, 2.45) is 0 Å². The van der Waals surface area contributed by atoms with Gasteiger partial charge in [0.1, 0.15) is 0 Å². The lowest BCUT2D eigenvalue weighted by Gasteiger charge is -2.22. The van der Waals surface area contributed by atoms with Crippen LogP contribution in [0.25, 0.3) is 0 Å². The smallest absolute Gasteiger partial charge is 0.182 e. The van der Waals surface area contributed by atoms with Gasteiger partial charge in [0.15, 0.2) is 5.78 Å². The van der Waals surface area contributed by atoms with E-state index in [1.54, 1.807) is 0 Å². The highest BCUT2D eigenvalue weighted by Crippen LogP contribution is 2.08. The number of carbonyl (C=O) groups is 1. The topological polar surface area (TPSA) is 38.3 Å². The lowest BCUT2D eigenvalue weighted by atomic mass is 10.0. The minimum absolute atomic E-state index is 0.124. The molecule has 3 nitrogen and oxygen atoms in total. The van der Waals surface area contributed by atoms with Gasteiger partial charge in [0, 0.05) is 12.1 Å². The van der Waals surface area contributed by atoms with Gasteiger partial charge in [0.2, 0.25) is 0 Å². The molecule has 1 atom stereocenters. The molecule has 1 aromatic carbocycles. The van der Waals surface area contributed by atoms with E-state index >= 15 is 0 Å². The number of hydrogen-bond donors (Lipinski definition) is 1. The fourth-order valence-electron chi connectivity index (χ4n) is 1.73. The molecule has 0 aliphatic carbocycles. The zero-order valence-corrected chi connectivity index (χ0v) is 8.82. The molecule has 0 spiro atoms. The van der Waals surface area contributed by atoms with E-state index in [-0.39, 0.29) is 11.8 Å². The van der Waals surface area contributed by atoms with E-state index in [1.807, 2.05) is 31.2 Å². The van der Waals surface area contributed by atoms with Crippen molar-refractivity contribution in [1.82, 2.24) is 5.32 Å². The summed E-state index contributed by atoms with van der Waals surface area (Å²) in [7, 11) is 0. The van der Waals surface area contributed by atoms with Crippen LogP contribution in [0.3, 0.4) is 0 Å². The van der Waals surface area contributed by atoms with Crippen LogP contribution < -0.4 is 5.32 Å². The molecule has 80 valence electrons. The maximum Gasteiger partial charge on any atom is 0.182 e. The van der Waals surface area contributed by atoms with E-state index < -0.39 is 0 Å². The van der Waals surface area contributed by atoms with Crippen molar-refractivity contribution in [1.29, 1.82) is 0 Å². The molecule has 1 unspecified atom stereocenters. The molecule has 1 aromatic rings. The minimum atomic E-state index is -0.180. The first kappa shape index (κ1) is 10.3. The number of rotatable bonds is 2. The zero-order valence-electron chi connectivity index (χ0n) is 8.82. The Labute approximate surface area is 89.4 Å². The maximum absolute atomic E-state index is 12.0. The number of carbonyl (C=O) groups excluding carboxylic acids is 1. The highest BCUT2D eigenvalue weighted by molar-refractivity contribution is 6.00. The summed E-state index contributed by atoms with van der Waals surface area (Å²) in [6.45, 7) is 3.91. The second-order valence-corrected chi connectivity index (χ2v) is 3.82. The van der Waals surface area contributed by atoms with Gasteiger partial charge in [-0.05, 0) is 13.0 Å². The Balaban J connectivity index is 2.12. The van der Waals surface area contributed by atoms with Crippen LogP contribution in [0.2, 0.25) is 0 Å². The SMILES string of the molecule is Cc1cccc(C(=O)C2COCCN2)c1. The van der Waals surface area contributed by atoms with Gasteiger partial charge in [-0.1, -0.05) is 23.8 Å². The average Bonchev–Trinajstić information content (AvgIpc) is 2.29. The molecule has 2 rings (SSSR count). The molecule has 0 radical (unpaired) electrons. The van der Waals surface area contributed by atoms with Crippen molar-refractivity contribution >= 4 is 5.78 Å². The summed E-state index contributed by atoms with van der Waals surface area (Å²) in [6.07, 6.45) is 0. The Hall–Kier alpha value is -1.19. The first-order valence-corrected chi connectivity index (χ1v) is 5.19. The van der Waals surface area contributed by atoms with Crippen LogP contribution in [0, 0.1) is 6.92 Å². The largest absolute Gasteiger partial charge is 0.378 e. The standard InChI is InChI=1S/C12H15NO2/c1-9-3-2-4-10(7-9)12(14)11-8-15-6-5-13-11/h2-4,7,11,13H,5-6,8H2,1H3. The third-order valence-corrected chi connectivity index (χ3v) is 2.54. The molecule has 1 N–H and O–H groups in total. The molecule has 1 saturated heterocycles. The summed E-state index contributed by atoms with van der Waals surface area (Å²) in [4.78, 5) is 12.0. The number of ether oxygens (including phenoxy) is 1. The number of benzene rings is 1. The first-order valence-electron chi connectivity index (χ1n) is 5.19. The van der Waals surface area contributed by atoms with E-state index in [9.17, 15) is 4.79 Å². The van der Waals surface area contributed by atoms with E-state index in [4.69, 9.17) is 4.74 Å². The van der Waals surface area contributed by atoms with E-state index in [0.717, 1.165) is 17.7 Å². The van der Waals surface area contributed by atoms with Crippen molar-refractivity contribution in [3.63, 3.8) is 0 Å². The molecule has 0 saturated carbocycles. The van der Waals surface area contributed by atoms with Gasteiger partial charge in [0.05, 0.1) is 19.3 Å². The molecule has 0 aromatic heterocycles. The number of aryl methyl sites for hydroxylation is 1. The third kappa shape index (κ3) is 2.43. The van der Waals surface area contributed by atoms with Crippen LogP contribution >= 0.6 is 0 Å². The Bertz CT molecular complexity index is 356. The summed E-state index contributed by atoms with van der Waals surface area (Å²) >= 11 is 0. The summed E-state index contributed by atoms with van der Waals surface area (Å²) < 4.78 is 5.27. The second kappa shape index (κ2) is 4.55. The highest BCUT2D eigenvalue weighted by atomic mass is 16.5. The Morgan fingerprint density at radius 1 is 1.53 bits per heavy atom. The number of hydrogen-bond acceptors (Lipinski definition) is 3. The van der Waals surface area contributed by atoms with Gasteiger partial charge in [-0.15, -0.1) is 0 Å². The molecule has 1 aliphatic heterocycles. The Morgan fingerprint density at radius 2 is 2.40 bits per heavy atom. The molecular weight excluding hydrogens is 190 g/mol. The average molecular weight is 205 g/mol. The van der Waals surface area contributed by atoms with Crippen molar-refractivity contribution in [2.45, 2.75) is 13.0 Å². The summed E-state index contributed by atoms with van der Waals surface area (Å²) in [5.41, 5.74) is 1.87. The van der Waals surface area contributed by atoms with Crippen LogP contribution in [-0.2, 0) is 4.74 Å². The molecule has 0 amide bonds. The summed E-state index contributed by atoms with van der Waals surface area (Å²) in [5, 5.41) is 3.16. The molecule has 0 bridgehead atoms. The lowest BCUT2D eigenvalue weighted by Crippen LogP contribution is -2.46. The zero-order chi connectivity index (χ0) is 10.7. The minimum Gasteiger partial charge on any atom is -0.378 e. The Morgan fingerprint density at radius 3 is 3.07 bits per heavy atom. The van der Waals surface area contributed by atoms with E-state index in [2.05, 4.69) is 5.32 Å². The predicted octanol–water partition coefficient (Wildman–Crippen LogP) is 1.17. The van der Waals surface area contributed by atoms with Crippen molar-refractivity contribution < 1.29 is 9.53 Å². The number of nitrogens with one attached hydrogen (secondary N) is 1. The van der Waals surface area contributed by atoms with Crippen LogP contribution in [0.15, 0.2) is 24.3 Å². The fraction of sp³-hybridized carbons (Fsp3) is 0.417. The second-order valence-electron chi connectivity index (χ2n) is 3.82. The van der Waals surface area contributed by atoms with E-state index in [0.29, 0.717) is 13.2 Å². The number of ketones is 1. The summed E-state index contributed by atoms with van der Waals surface area (Å²) in [6, 6.07) is 7.48.